The Bertz CT molecular complexity index is 570. The smallest absolute Gasteiger partial charge is 0.192 e. The molecule has 0 aliphatic carbocycles. The van der Waals surface area contributed by atoms with Crippen LogP contribution in [0, 0.1) is 20.8 Å². The van der Waals surface area contributed by atoms with Crippen molar-refractivity contribution in [3.8, 4) is 0 Å². The molecule has 0 unspecified atom stereocenters. The molecule has 2 aromatic rings. The minimum Gasteiger partial charge on any atom is -0.324 e. The van der Waals surface area contributed by atoms with E-state index in [0.717, 1.165) is 27.9 Å². The predicted octanol–water partition coefficient (Wildman–Crippen LogP) is 3.96. The average molecular weight is 287 g/mol. The second kappa shape index (κ2) is 6.37. The minimum atomic E-state index is 0.120. The number of benzene rings is 1. The Morgan fingerprint density at radius 2 is 1.60 bits per heavy atom. The molecule has 2 rings (SSSR count). The van der Waals surface area contributed by atoms with E-state index in [1.807, 2.05) is 13.8 Å². The van der Waals surface area contributed by atoms with E-state index in [9.17, 15) is 0 Å². The van der Waals surface area contributed by atoms with Gasteiger partial charge in [-0.1, -0.05) is 19.1 Å². The molecule has 2 N–H and O–H groups in total. The fourth-order valence-corrected chi connectivity index (χ4v) is 2.76. The molecule has 20 heavy (non-hydrogen) atoms. The SMILES string of the molecule is CC[C@H](N)c1ccc(Sc2nc(C)c(C)c(C)n2)cc1. The quantitative estimate of drug-likeness (QED) is 0.865. The molecular weight excluding hydrogens is 266 g/mol. The van der Waals surface area contributed by atoms with Crippen LogP contribution < -0.4 is 5.73 Å². The molecule has 4 heteroatoms. The van der Waals surface area contributed by atoms with Gasteiger partial charge >= 0.3 is 0 Å². The summed E-state index contributed by atoms with van der Waals surface area (Å²) in [5.74, 6) is 0. The monoisotopic (exact) mass is 287 g/mol. The highest BCUT2D eigenvalue weighted by Gasteiger charge is 2.07. The van der Waals surface area contributed by atoms with Crippen molar-refractivity contribution in [2.24, 2.45) is 5.73 Å². The van der Waals surface area contributed by atoms with Crippen LogP contribution in [-0.4, -0.2) is 9.97 Å². The second-order valence-corrected chi connectivity index (χ2v) is 6.03. The molecule has 1 aromatic heterocycles. The molecule has 0 aliphatic heterocycles. The van der Waals surface area contributed by atoms with Crippen molar-refractivity contribution in [1.82, 2.24) is 9.97 Å². The Labute approximate surface area is 125 Å². The summed E-state index contributed by atoms with van der Waals surface area (Å²) in [5.41, 5.74) is 10.5. The Hall–Kier alpha value is -1.39. The first-order valence-corrected chi connectivity index (χ1v) is 7.68. The Balaban J connectivity index is 2.18. The van der Waals surface area contributed by atoms with Crippen LogP contribution in [0.5, 0.6) is 0 Å². The van der Waals surface area contributed by atoms with Crippen LogP contribution in [0.15, 0.2) is 34.3 Å². The zero-order valence-electron chi connectivity index (χ0n) is 12.5. The second-order valence-electron chi connectivity index (χ2n) is 4.99. The molecule has 1 atom stereocenters. The number of nitrogens with zero attached hydrogens (tertiary/aromatic N) is 2. The first-order chi connectivity index (χ1) is 9.51. The zero-order valence-corrected chi connectivity index (χ0v) is 13.3. The molecule has 0 aliphatic rings. The topological polar surface area (TPSA) is 51.8 Å². The molecule has 0 spiro atoms. The third-order valence-corrected chi connectivity index (χ3v) is 4.44. The van der Waals surface area contributed by atoms with Crippen molar-refractivity contribution in [1.29, 1.82) is 0 Å². The lowest BCUT2D eigenvalue weighted by Crippen LogP contribution is -2.08. The molecular formula is C16H21N3S. The van der Waals surface area contributed by atoms with E-state index < -0.39 is 0 Å². The van der Waals surface area contributed by atoms with E-state index in [1.54, 1.807) is 11.8 Å². The largest absolute Gasteiger partial charge is 0.324 e. The number of nitrogens with two attached hydrogens (primary N) is 1. The van der Waals surface area contributed by atoms with E-state index in [1.165, 1.54) is 11.1 Å². The maximum Gasteiger partial charge on any atom is 0.192 e. The average Bonchev–Trinajstić information content (AvgIpc) is 2.44. The van der Waals surface area contributed by atoms with Crippen molar-refractivity contribution in [3.05, 3.63) is 46.8 Å². The molecule has 0 saturated carbocycles. The van der Waals surface area contributed by atoms with Crippen molar-refractivity contribution in [2.45, 2.75) is 50.2 Å². The number of hydrogen-bond acceptors (Lipinski definition) is 4. The van der Waals surface area contributed by atoms with Crippen LogP contribution >= 0.6 is 11.8 Å². The molecule has 0 radical (unpaired) electrons. The predicted molar refractivity (Wildman–Crippen MR) is 84.0 cm³/mol. The van der Waals surface area contributed by atoms with E-state index in [2.05, 4.69) is 48.1 Å². The van der Waals surface area contributed by atoms with Gasteiger partial charge in [-0.15, -0.1) is 0 Å². The lowest BCUT2D eigenvalue weighted by molar-refractivity contribution is 0.698. The van der Waals surface area contributed by atoms with Crippen molar-refractivity contribution in [2.75, 3.05) is 0 Å². The molecule has 106 valence electrons. The summed E-state index contributed by atoms with van der Waals surface area (Å²) in [4.78, 5) is 10.2. The Morgan fingerprint density at radius 3 is 2.10 bits per heavy atom. The molecule has 1 aromatic carbocycles. The normalized spacial score (nSPS) is 12.4. The van der Waals surface area contributed by atoms with E-state index >= 15 is 0 Å². The number of aromatic nitrogens is 2. The molecule has 0 saturated heterocycles. The van der Waals surface area contributed by atoms with Crippen molar-refractivity contribution < 1.29 is 0 Å². The van der Waals surface area contributed by atoms with Crippen LogP contribution in [0.1, 0.15) is 41.9 Å². The van der Waals surface area contributed by atoms with Gasteiger partial charge in [-0.3, -0.25) is 0 Å². The summed E-state index contributed by atoms with van der Waals surface area (Å²) in [5, 5.41) is 0.804. The van der Waals surface area contributed by atoms with Crippen molar-refractivity contribution in [3.63, 3.8) is 0 Å². The maximum absolute atomic E-state index is 6.02. The third kappa shape index (κ3) is 3.38. The van der Waals surface area contributed by atoms with Gasteiger partial charge in [0.1, 0.15) is 0 Å². The van der Waals surface area contributed by atoms with Crippen molar-refractivity contribution >= 4 is 11.8 Å². The maximum atomic E-state index is 6.02. The molecule has 0 fully saturated rings. The molecule has 0 amide bonds. The zero-order chi connectivity index (χ0) is 14.7. The highest BCUT2D eigenvalue weighted by atomic mass is 32.2. The lowest BCUT2D eigenvalue weighted by atomic mass is 10.1. The van der Waals surface area contributed by atoms with E-state index in [-0.39, 0.29) is 6.04 Å². The molecule has 0 bridgehead atoms. The number of rotatable bonds is 4. The van der Waals surface area contributed by atoms with Gasteiger partial charge in [-0.05, 0) is 62.2 Å². The summed E-state index contributed by atoms with van der Waals surface area (Å²) >= 11 is 1.59. The van der Waals surface area contributed by atoms with E-state index in [0.29, 0.717) is 0 Å². The fourth-order valence-electron chi connectivity index (χ4n) is 1.91. The first kappa shape index (κ1) is 15.0. The van der Waals surface area contributed by atoms with Gasteiger partial charge in [0.15, 0.2) is 5.16 Å². The minimum absolute atomic E-state index is 0.120. The van der Waals surface area contributed by atoms with Crippen LogP contribution in [0.4, 0.5) is 0 Å². The summed E-state index contributed by atoms with van der Waals surface area (Å²) in [6, 6.07) is 8.47. The van der Waals surface area contributed by atoms with Gasteiger partial charge in [-0.2, -0.15) is 0 Å². The Kier molecular flexibility index (Phi) is 4.78. The highest BCUT2D eigenvalue weighted by molar-refractivity contribution is 7.99. The molecule has 1 heterocycles. The number of aryl methyl sites for hydroxylation is 2. The third-order valence-electron chi connectivity index (χ3n) is 3.57. The summed E-state index contributed by atoms with van der Waals surface area (Å²) in [6.07, 6.45) is 0.950. The lowest BCUT2D eigenvalue weighted by Gasteiger charge is -2.10. The van der Waals surface area contributed by atoms with Gasteiger partial charge in [0.05, 0.1) is 0 Å². The summed E-state index contributed by atoms with van der Waals surface area (Å²) in [7, 11) is 0. The van der Waals surface area contributed by atoms with Crippen LogP contribution in [-0.2, 0) is 0 Å². The van der Waals surface area contributed by atoms with Gasteiger partial charge in [0.2, 0.25) is 0 Å². The Morgan fingerprint density at radius 1 is 1.05 bits per heavy atom. The van der Waals surface area contributed by atoms with E-state index in [4.69, 9.17) is 5.73 Å². The van der Waals surface area contributed by atoms with Crippen LogP contribution in [0.25, 0.3) is 0 Å². The summed E-state index contributed by atoms with van der Waals surface area (Å²) < 4.78 is 0. The fraction of sp³-hybridized carbons (Fsp3) is 0.375. The van der Waals surface area contributed by atoms with Crippen LogP contribution in [0.3, 0.4) is 0 Å². The highest BCUT2D eigenvalue weighted by Crippen LogP contribution is 2.27. The first-order valence-electron chi connectivity index (χ1n) is 6.86. The van der Waals surface area contributed by atoms with Gasteiger partial charge < -0.3 is 5.73 Å². The van der Waals surface area contributed by atoms with Crippen LogP contribution in [0.2, 0.25) is 0 Å². The summed E-state index contributed by atoms with van der Waals surface area (Å²) in [6.45, 7) is 8.20. The van der Waals surface area contributed by atoms with Gasteiger partial charge in [0.25, 0.3) is 0 Å². The molecule has 3 nitrogen and oxygen atoms in total. The standard InChI is InChI=1S/C16H21N3S/c1-5-15(17)13-6-8-14(9-7-13)20-16-18-11(3)10(2)12(4)19-16/h6-9,15H,5,17H2,1-4H3/t15-/m0/s1. The van der Waals surface area contributed by atoms with Gasteiger partial charge in [0, 0.05) is 22.3 Å². The number of hydrogen-bond donors (Lipinski definition) is 1. The van der Waals surface area contributed by atoms with Gasteiger partial charge in [-0.25, -0.2) is 9.97 Å².